The maximum Gasteiger partial charge on any atom is 0.0863 e. The van der Waals surface area contributed by atoms with Gasteiger partial charge in [-0.1, -0.05) is 31.9 Å². The lowest BCUT2D eigenvalue weighted by Gasteiger charge is -2.40. The second-order valence-corrected chi connectivity index (χ2v) is 5.08. The summed E-state index contributed by atoms with van der Waals surface area (Å²) >= 11 is 0. The number of nitrogens with one attached hydrogen (secondary N) is 1. The van der Waals surface area contributed by atoms with E-state index in [1.54, 1.807) is 5.57 Å². The van der Waals surface area contributed by atoms with Gasteiger partial charge in [-0.05, 0) is 45.6 Å². The Bertz CT molecular complexity index is 235. The second kappa shape index (κ2) is 7.17. The van der Waals surface area contributed by atoms with Gasteiger partial charge in [-0.2, -0.15) is 0 Å². The van der Waals surface area contributed by atoms with E-state index >= 15 is 0 Å². The lowest BCUT2D eigenvalue weighted by molar-refractivity contribution is -0.0370. The quantitative estimate of drug-likeness (QED) is 0.714. The van der Waals surface area contributed by atoms with Crippen LogP contribution in [0.3, 0.4) is 0 Å². The Morgan fingerprint density at radius 1 is 1.29 bits per heavy atom. The Hall–Kier alpha value is -0.340. The number of hydrogen-bond donors (Lipinski definition) is 1. The average molecular weight is 239 g/mol. The third-order valence-electron chi connectivity index (χ3n) is 4.37. The van der Waals surface area contributed by atoms with Crippen LogP contribution >= 0.6 is 0 Å². The predicted molar refractivity (Wildman–Crippen MR) is 74.3 cm³/mol. The van der Waals surface area contributed by atoms with E-state index < -0.39 is 0 Å². The predicted octanol–water partition coefficient (Wildman–Crippen LogP) is 3.67. The van der Waals surface area contributed by atoms with E-state index in [2.05, 4.69) is 32.3 Å². The first kappa shape index (κ1) is 14.7. The smallest absolute Gasteiger partial charge is 0.0863 e. The summed E-state index contributed by atoms with van der Waals surface area (Å²) in [5.41, 5.74) is 1.53. The van der Waals surface area contributed by atoms with Gasteiger partial charge in [-0.15, -0.1) is 0 Å². The van der Waals surface area contributed by atoms with Crippen LogP contribution in [0.2, 0.25) is 0 Å². The van der Waals surface area contributed by atoms with E-state index in [1.807, 2.05) is 7.11 Å². The fraction of sp³-hybridized carbons (Fsp3) is 0.867. The molecule has 0 bridgehead atoms. The SMILES string of the molecule is CCC(CC)(OC)C(NC)C1=CCCCCC1. The summed E-state index contributed by atoms with van der Waals surface area (Å²) in [6, 6.07) is 0.376. The highest BCUT2D eigenvalue weighted by molar-refractivity contribution is 5.18. The monoisotopic (exact) mass is 239 g/mol. The molecule has 2 nitrogen and oxygen atoms in total. The first-order chi connectivity index (χ1) is 8.24. The Morgan fingerprint density at radius 3 is 2.53 bits per heavy atom. The Morgan fingerprint density at radius 2 is 2.00 bits per heavy atom. The summed E-state index contributed by atoms with van der Waals surface area (Å²) < 4.78 is 5.88. The number of hydrogen-bond acceptors (Lipinski definition) is 2. The van der Waals surface area contributed by atoms with Gasteiger partial charge in [0, 0.05) is 7.11 Å². The fourth-order valence-corrected chi connectivity index (χ4v) is 3.15. The minimum atomic E-state index is -0.0368. The van der Waals surface area contributed by atoms with Crippen molar-refractivity contribution in [2.24, 2.45) is 0 Å². The van der Waals surface area contributed by atoms with E-state index in [1.165, 1.54) is 32.1 Å². The molecular weight excluding hydrogens is 210 g/mol. The fourth-order valence-electron chi connectivity index (χ4n) is 3.15. The number of allylic oxidation sites excluding steroid dienone is 1. The van der Waals surface area contributed by atoms with Gasteiger partial charge in [-0.25, -0.2) is 0 Å². The minimum Gasteiger partial charge on any atom is -0.376 e. The van der Waals surface area contributed by atoms with Gasteiger partial charge in [-0.3, -0.25) is 0 Å². The number of ether oxygens (including phenoxy) is 1. The third kappa shape index (κ3) is 3.32. The molecule has 17 heavy (non-hydrogen) atoms. The van der Waals surface area contributed by atoms with Gasteiger partial charge in [0.05, 0.1) is 11.6 Å². The van der Waals surface area contributed by atoms with Gasteiger partial charge in [0.1, 0.15) is 0 Å². The van der Waals surface area contributed by atoms with E-state index in [-0.39, 0.29) is 5.60 Å². The van der Waals surface area contributed by atoms with Crippen LogP contribution in [0.25, 0.3) is 0 Å². The van der Waals surface area contributed by atoms with Gasteiger partial charge in [0.2, 0.25) is 0 Å². The van der Waals surface area contributed by atoms with E-state index in [4.69, 9.17) is 4.74 Å². The van der Waals surface area contributed by atoms with Crippen molar-refractivity contribution >= 4 is 0 Å². The lowest BCUT2D eigenvalue weighted by atomic mass is 9.82. The molecule has 0 radical (unpaired) electrons. The van der Waals surface area contributed by atoms with Crippen molar-refractivity contribution in [1.82, 2.24) is 5.32 Å². The van der Waals surface area contributed by atoms with E-state index in [9.17, 15) is 0 Å². The van der Waals surface area contributed by atoms with Crippen molar-refractivity contribution in [3.63, 3.8) is 0 Å². The highest BCUT2D eigenvalue weighted by atomic mass is 16.5. The summed E-state index contributed by atoms with van der Waals surface area (Å²) in [5, 5.41) is 3.50. The standard InChI is InChI=1S/C15H29NO/c1-5-15(6-2,17-4)14(16-3)13-11-9-7-8-10-12-13/h11,14,16H,5-10,12H2,1-4H3. The van der Waals surface area contributed by atoms with Crippen LogP contribution in [0, 0.1) is 0 Å². The highest BCUT2D eigenvalue weighted by Gasteiger charge is 2.36. The minimum absolute atomic E-state index is 0.0368. The zero-order valence-electron chi connectivity index (χ0n) is 12.0. The molecule has 0 aliphatic heterocycles. The van der Waals surface area contributed by atoms with Gasteiger partial charge >= 0.3 is 0 Å². The van der Waals surface area contributed by atoms with Gasteiger partial charge < -0.3 is 10.1 Å². The number of rotatable bonds is 6. The van der Waals surface area contributed by atoms with Crippen LogP contribution in [-0.2, 0) is 4.74 Å². The molecule has 0 heterocycles. The topological polar surface area (TPSA) is 21.3 Å². The summed E-state index contributed by atoms with van der Waals surface area (Å²) in [6.07, 6.45) is 11.1. The van der Waals surface area contributed by atoms with Crippen molar-refractivity contribution in [2.45, 2.75) is 70.4 Å². The third-order valence-corrected chi connectivity index (χ3v) is 4.37. The summed E-state index contributed by atoms with van der Waals surface area (Å²) in [4.78, 5) is 0. The lowest BCUT2D eigenvalue weighted by Crippen LogP contribution is -2.51. The van der Waals surface area contributed by atoms with Crippen molar-refractivity contribution in [2.75, 3.05) is 14.2 Å². The highest BCUT2D eigenvalue weighted by Crippen LogP contribution is 2.32. The molecule has 1 N–H and O–H groups in total. The maximum atomic E-state index is 5.88. The van der Waals surface area contributed by atoms with Crippen LogP contribution in [0.5, 0.6) is 0 Å². The molecule has 1 aliphatic carbocycles. The molecule has 0 fully saturated rings. The Balaban J connectivity index is 2.90. The molecule has 0 saturated heterocycles. The molecule has 0 aromatic heterocycles. The molecule has 1 atom stereocenters. The van der Waals surface area contributed by atoms with Gasteiger partial charge in [0.15, 0.2) is 0 Å². The molecule has 0 aromatic carbocycles. The van der Waals surface area contributed by atoms with Crippen LogP contribution in [-0.4, -0.2) is 25.8 Å². The second-order valence-electron chi connectivity index (χ2n) is 5.08. The van der Waals surface area contributed by atoms with Crippen LogP contribution in [0.1, 0.15) is 58.8 Å². The van der Waals surface area contributed by atoms with Crippen molar-refractivity contribution in [3.05, 3.63) is 11.6 Å². The molecule has 0 spiro atoms. The molecule has 1 rings (SSSR count). The summed E-state index contributed by atoms with van der Waals surface area (Å²) in [6.45, 7) is 4.46. The van der Waals surface area contributed by atoms with Crippen LogP contribution in [0.4, 0.5) is 0 Å². The van der Waals surface area contributed by atoms with Crippen LogP contribution in [0.15, 0.2) is 11.6 Å². The number of methoxy groups -OCH3 is 1. The normalized spacial score (nSPS) is 19.6. The zero-order valence-corrected chi connectivity index (χ0v) is 12.0. The van der Waals surface area contributed by atoms with E-state index in [0.717, 1.165) is 12.8 Å². The van der Waals surface area contributed by atoms with Gasteiger partial charge in [0.25, 0.3) is 0 Å². The Labute approximate surface area is 107 Å². The van der Waals surface area contributed by atoms with Crippen molar-refractivity contribution < 1.29 is 4.74 Å². The summed E-state index contributed by atoms with van der Waals surface area (Å²) in [5.74, 6) is 0. The zero-order chi connectivity index (χ0) is 12.7. The molecule has 100 valence electrons. The Kier molecular flexibility index (Phi) is 6.21. The van der Waals surface area contributed by atoms with Crippen molar-refractivity contribution in [3.8, 4) is 0 Å². The molecule has 0 saturated carbocycles. The van der Waals surface area contributed by atoms with Crippen molar-refractivity contribution in [1.29, 1.82) is 0 Å². The number of likely N-dealkylation sites (N-methyl/N-ethyl adjacent to an activating group) is 1. The molecule has 2 heteroatoms. The molecule has 1 aliphatic rings. The largest absolute Gasteiger partial charge is 0.376 e. The first-order valence-electron chi connectivity index (χ1n) is 7.15. The van der Waals surface area contributed by atoms with Crippen LogP contribution < -0.4 is 5.32 Å². The maximum absolute atomic E-state index is 5.88. The molecule has 0 aromatic rings. The molecule has 0 amide bonds. The molecular formula is C15H29NO. The average Bonchev–Trinajstić information content (AvgIpc) is 2.65. The first-order valence-corrected chi connectivity index (χ1v) is 7.15. The molecule has 1 unspecified atom stereocenters. The summed E-state index contributed by atoms with van der Waals surface area (Å²) in [7, 11) is 3.92. The van der Waals surface area contributed by atoms with E-state index in [0.29, 0.717) is 6.04 Å².